The first-order valence-corrected chi connectivity index (χ1v) is 27.3. The molecule has 0 heterocycles. The van der Waals surface area contributed by atoms with Gasteiger partial charge in [0.15, 0.2) is 0 Å². The van der Waals surface area contributed by atoms with Crippen LogP contribution in [0, 0.1) is 5.92 Å². The van der Waals surface area contributed by atoms with E-state index in [0.29, 0.717) is 23.9 Å². The van der Waals surface area contributed by atoms with Gasteiger partial charge in [0.25, 0.3) is 0 Å². The van der Waals surface area contributed by atoms with Gasteiger partial charge in [-0.25, -0.2) is 4.57 Å². The lowest BCUT2D eigenvalue weighted by Crippen LogP contribution is -2.51. The molecule has 0 aliphatic rings. The van der Waals surface area contributed by atoms with Gasteiger partial charge >= 0.3 is 7.82 Å². The number of amides is 1. The van der Waals surface area contributed by atoms with Crippen molar-refractivity contribution in [3.8, 4) is 0 Å². The first-order valence-electron chi connectivity index (χ1n) is 25.8. The van der Waals surface area contributed by atoms with E-state index >= 15 is 0 Å². The fourth-order valence-electron chi connectivity index (χ4n) is 7.98. The van der Waals surface area contributed by atoms with Gasteiger partial charge in [-0.15, -0.1) is 0 Å². The lowest BCUT2D eigenvalue weighted by Gasteiger charge is -2.28. The number of hydrogen-bond donors (Lipinski definition) is 4. The Morgan fingerprint density at radius 1 is 0.550 bits per heavy atom. The Morgan fingerprint density at radius 3 is 1.27 bits per heavy atom. The summed E-state index contributed by atoms with van der Waals surface area (Å²) in [5, 5.41) is 24.7. The Kier molecular flexibility index (Phi) is 40.8. The third-order valence-electron chi connectivity index (χ3n) is 12.1. The van der Waals surface area contributed by atoms with Crippen molar-refractivity contribution in [2.75, 3.05) is 40.9 Å². The van der Waals surface area contributed by atoms with E-state index in [-0.39, 0.29) is 12.5 Å². The molecule has 0 saturated heterocycles. The average molecular weight is 876 g/mol. The summed E-state index contributed by atoms with van der Waals surface area (Å²) in [6.07, 6.45) is 41.9. The van der Waals surface area contributed by atoms with Crippen LogP contribution < -0.4 is 5.32 Å². The van der Waals surface area contributed by atoms with Crippen molar-refractivity contribution in [1.29, 1.82) is 0 Å². The molecule has 60 heavy (non-hydrogen) atoms. The predicted molar refractivity (Wildman–Crippen MR) is 255 cm³/mol. The van der Waals surface area contributed by atoms with E-state index in [0.717, 1.165) is 44.4 Å². The average Bonchev–Trinajstić information content (AvgIpc) is 3.19. The molecule has 0 aromatic rings. The van der Waals surface area contributed by atoms with Crippen molar-refractivity contribution in [3.05, 3.63) is 0 Å². The number of unbranched alkanes of at least 4 members (excludes halogenated alkanes) is 31. The Hall–Kier alpha value is -0.540. The monoisotopic (exact) mass is 876 g/mol. The van der Waals surface area contributed by atoms with Gasteiger partial charge in [0.1, 0.15) is 19.3 Å². The first-order chi connectivity index (χ1) is 28.8. The van der Waals surface area contributed by atoms with E-state index in [4.69, 9.17) is 9.05 Å². The van der Waals surface area contributed by atoms with Crippen LogP contribution in [0.3, 0.4) is 0 Å². The molecule has 1 unspecified atom stereocenters. The lowest BCUT2D eigenvalue weighted by atomic mass is 9.99. The Labute approximate surface area is 372 Å². The summed E-state index contributed by atoms with van der Waals surface area (Å²) in [4.78, 5) is 23.2. The minimum atomic E-state index is -4.41. The van der Waals surface area contributed by atoms with E-state index in [1.165, 1.54) is 180 Å². The van der Waals surface area contributed by atoms with Crippen LogP contribution in [-0.4, -0.2) is 84.6 Å². The molecule has 0 bridgehead atoms. The maximum atomic E-state index is 13.0. The third kappa shape index (κ3) is 42.7. The fourth-order valence-corrected chi connectivity index (χ4v) is 8.71. The van der Waals surface area contributed by atoms with Gasteiger partial charge in [-0.2, -0.15) is 0 Å². The van der Waals surface area contributed by atoms with Crippen molar-refractivity contribution >= 4 is 13.7 Å². The molecule has 0 radical (unpaired) electrons. The van der Waals surface area contributed by atoms with Crippen LogP contribution in [0.25, 0.3) is 0 Å². The van der Waals surface area contributed by atoms with Gasteiger partial charge in [-0.1, -0.05) is 233 Å². The van der Waals surface area contributed by atoms with Gasteiger partial charge in [0.2, 0.25) is 5.91 Å². The smallest absolute Gasteiger partial charge is 0.390 e. The molecule has 0 aromatic carbocycles. The summed E-state index contributed by atoms with van der Waals surface area (Å²) in [6, 6.07) is -1.03. The molecule has 1 amide bonds. The molecule has 360 valence electrons. The predicted octanol–water partition coefficient (Wildman–Crippen LogP) is 13.8. The summed E-state index contributed by atoms with van der Waals surface area (Å²) in [5.74, 6) is 0.518. The highest BCUT2D eigenvalue weighted by Gasteiger charge is 2.31. The van der Waals surface area contributed by atoms with Gasteiger partial charge in [-0.05, 0) is 18.8 Å². The Morgan fingerprint density at radius 2 is 0.900 bits per heavy atom. The van der Waals surface area contributed by atoms with Crippen LogP contribution in [-0.2, 0) is 18.4 Å². The number of hydrogen-bond acceptors (Lipinski definition) is 6. The number of rotatable bonds is 47. The zero-order valence-corrected chi connectivity index (χ0v) is 41.7. The van der Waals surface area contributed by atoms with Crippen LogP contribution in [0.5, 0.6) is 0 Å². The molecule has 4 N–H and O–H groups in total. The summed E-state index contributed by atoms with van der Waals surface area (Å²) in [7, 11) is 1.45. The highest BCUT2D eigenvalue weighted by molar-refractivity contribution is 7.47. The summed E-state index contributed by atoms with van der Waals surface area (Å²) in [6.45, 7) is 6.93. The van der Waals surface area contributed by atoms with E-state index in [9.17, 15) is 24.5 Å². The highest BCUT2D eigenvalue weighted by atomic mass is 31.2. The van der Waals surface area contributed by atoms with Crippen molar-refractivity contribution in [1.82, 2.24) is 5.32 Å². The second kappa shape index (κ2) is 41.2. The molecule has 0 aliphatic heterocycles. The molecule has 4 atom stereocenters. The summed E-state index contributed by atoms with van der Waals surface area (Å²) >= 11 is 0. The third-order valence-corrected chi connectivity index (χ3v) is 13.1. The normalized spacial score (nSPS) is 14.7. The minimum absolute atomic E-state index is 0.0248. The van der Waals surface area contributed by atoms with E-state index in [1.807, 2.05) is 21.1 Å². The fraction of sp³-hybridized carbons (Fsp3) is 0.980. The zero-order chi connectivity index (χ0) is 44.6. The number of carbonyl (C=O) groups is 1. The number of carbonyl (C=O) groups excluding carboxylic acids is 1. The molecule has 10 heteroatoms. The van der Waals surface area contributed by atoms with E-state index in [2.05, 4.69) is 26.1 Å². The number of aliphatic hydroxyl groups excluding tert-OH is 2. The number of nitrogens with one attached hydrogen (secondary N) is 1. The number of likely N-dealkylation sites (N-methyl/N-ethyl adjacent to an activating group) is 1. The number of quaternary nitrogens is 1. The maximum Gasteiger partial charge on any atom is 0.472 e. The van der Waals surface area contributed by atoms with Crippen molar-refractivity contribution in [2.45, 2.75) is 270 Å². The second-order valence-electron chi connectivity index (χ2n) is 19.9. The molecular weight excluding hydrogens is 772 g/mol. The minimum Gasteiger partial charge on any atom is -0.390 e. The van der Waals surface area contributed by atoms with Gasteiger partial charge < -0.3 is 24.9 Å². The van der Waals surface area contributed by atoms with Gasteiger partial charge in [-0.3, -0.25) is 13.8 Å². The molecule has 0 aliphatic carbocycles. The van der Waals surface area contributed by atoms with Crippen molar-refractivity contribution < 1.29 is 38.0 Å². The number of nitrogens with zero attached hydrogens (tertiary/aromatic N) is 1. The standard InChI is InChI=1S/C50H103N2O7P/c1-7-8-9-10-11-12-13-14-15-16-17-18-19-20-21-22-23-24-25-26-27-28-33-36-39-42-49(54)51-47(45-59-60(56,57)58-44-43-52(4,5)6)50(55)48(53)41-38-35-32-30-29-31-34-37-40-46(2)3/h46-48,50,53,55H,7-45H2,1-6H3,(H-,51,54,56,57)/p+1/t47-,48+,50-/m0/s1. The zero-order valence-electron chi connectivity index (χ0n) is 40.8. The molecule has 0 fully saturated rings. The van der Waals surface area contributed by atoms with Crippen LogP contribution in [0.4, 0.5) is 0 Å². The summed E-state index contributed by atoms with van der Waals surface area (Å²) in [5.41, 5.74) is 0. The Balaban J connectivity index is 4.19. The van der Waals surface area contributed by atoms with Crippen molar-refractivity contribution in [3.63, 3.8) is 0 Å². The van der Waals surface area contributed by atoms with Crippen LogP contribution in [0.2, 0.25) is 0 Å². The van der Waals surface area contributed by atoms with Crippen LogP contribution in [0.1, 0.15) is 252 Å². The lowest BCUT2D eigenvalue weighted by molar-refractivity contribution is -0.870. The van der Waals surface area contributed by atoms with Crippen molar-refractivity contribution in [2.24, 2.45) is 5.92 Å². The number of phosphoric acid groups is 1. The number of aliphatic hydroxyl groups is 2. The second-order valence-corrected chi connectivity index (χ2v) is 21.3. The largest absolute Gasteiger partial charge is 0.472 e. The highest BCUT2D eigenvalue weighted by Crippen LogP contribution is 2.43. The van der Waals surface area contributed by atoms with Gasteiger partial charge in [0.05, 0.1) is 39.9 Å². The molecule has 0 aromatic heterocycles. The van der Waals surface area contributed by atoms with E-state index < -0.39 is 32.7 Å². The molecule has 0 rings (SSSR count). The van der Waals surface area contributed by atoms with E-state index in [1.54, 1.807) is 0 Å². The van der Waals surface area contributed by atoms with Gasteiger partial charge in [0, 0.05) is 6.42 Å². The number of phosphoric ester groups is 1. The summed E-state index contributed by atoms with van der Waals surface area (Å²) < 4.78 is 23.6. The van der Waals surface area contributed by atoms with Crippen LogP contribution >= 0.6 is 7.82 Å². The van der Waals surface area contributed by atoms with Crippen LogP contribution in [0.15, 0.2) is 0 Å². The maximum absolute atomic E-state index is 13.0. The molecular formula is C50H104N2O7P+. The molecule has 0 spiro atoms. The topological polar surface area (TPSA) is 125 Å². The molecule has 0 saturated carbocycles. The first kappa shape index (κ1) is 59.5. The Bertz CT molecular complexity index is 979. The quantitative estimate of drug-likeness (QED) is 0.0273. The SMILES string of the molecule is CCCCCCCCCCCCCCCCCCCCCCCCCCCC(=O)N[C@@H](COP(=O)(O)OCC[N+](C)(C)C)[C@H](O)[C@H](O)CCCCCCCCCCC(C)C. The molecule has 9 nitrogen and oxygen atoms in total.